The predicted octanol–water partition coefficient (Wildman–Crippen LogP) is 7.59. The van der Waals surface area contributed by atoms with E-state index in [4.69, 9.17) is 28.4 Å². The predicted molar refractivity (Wildman–Crippen MR) is 346 cm³/mol. The Balaban J connectivity index is 1.48. The fourth-order valence-corrected chi connectivity index (χ4v) is 9.81. The number of hydrogen-bond donors (Lipinski definition) is 12. The molecule has 12 N–H and O–H groups in total. The zero-order valence-corrected chi connectivity index (χ0v) is 52.8. The van der Waals surface area contributed by atoms with Crippen LogP contribution in [0.3, 0.4) is 0 Å². The molecule has 3 rings (SSSR count). The van der Waals surface area contributed by atoms with Gasteiger partial charge < -0.3 is 89.9 Å². The number of unbranched alkanes of at least 4 members (excludes halogenated alkanes) is 8. The quantitative estimate of drug-likeness (QED) is 0.0206. The maximum atomic E-state index is 13.3. The lowest BCUT2D eigenvalue weighted by molar-refractivity contribution is -0.379. The SMILES string of the molecule is CC/C=C\C/C=C\C/C=C\C/C=C\C/C=C\C/C=C\C/C=C\C/C=C\C/C=C\CCCC(=O)NC(COC1OC(CO)C(OC2OC(CO)C(OC3OC(CO)C(O)C(O)C3O)C(O)C2O)C(O)C1O)C(O)/C=C/CC/C=C/CC/C=C/CCCCCCC. The summed E-state index contributed by atoms with van der Waals surface area (Å²) < 4.78 is 34.2. The van der Waals surface area contributed by atoms with E-state index in [0.29, 0.717) is 19.3 Å². The Bertz CT molecular complexity index is 2180. The van der Waals surface area contributed by atoms with Gasteiger partial charge in [0.15, 0.2) is 18.9 Å². The highest BCUT2D eigenvalue weighted by molar-refractivity contribution is 5.76. The first-order chi connectivity index (χ1) is 43.3. The van der Waals surface area contributed by atoms with Crippen molar-refractivity contribution in [3.05, 3.63) is 146 Å². The molecular weight excluding hydrogens is 1140 g/mol. The zero-order chi connectivity index (χ0) is 64.7. The van der Waals surface area contributed by atoms with Gasteiger partial charge in [0.25, 0.3) is 0 Å². The topological polar surface area (TPSA) is 307 Å². The van der Waals surface area contributed by atoms with Crippen molar-refractivity contribution in [2.45, 2.75) is 259 Å². The Morgan fingerprint density at radius 2 is 0.787 bits per heavy atom. The van der Waals surface area contributed by atoms with Gasteiger partial charge in [-0.15, -0.1) is 0 Å². The lowest BCUT2D eigenvalue weighted by Gasteiger charge is -2.48. The van der Waals surface area contributed by atoms with Gasteiger partial charge in [0, 0.05) is 6.42 Å². The summed E-state index contributed by atoms with van der Waals surface area (Å²) in [4.78, 5) is 13.3. The molecule has 0 radical (unpaired) electrons. The largest absolute Gasteiger partial charge is 0.394 e. The van der Waals surface area contributed by atoms with Crippen LogP contribution in [0, 0.1) is 0 Å². The lowest BCUT2D eigenvalue weighted by atomic mass is 9.96. The Kier molecular flexibility index (Phi) is 44.6. The smallest absolute Gasteiger partial charge is 0.220 e. The van der Waals surface area contributed by atoms with E-state index in [1.807, 2.05) is 12.2 Å². The average molecular weight is 1250 g/mol. The number of aliphatic hydroxyl groups is 11. The number of carbonyl (C=O) groups excluding carboxylic acids is 1. The fraction of sp³-hybridized carbons (Fsp3) is 0.643. The minimum Gasteiger partial charge on any atom is -0.394 e. The molecule has 1 amide bonds. The third-order valence-electron chi connectivity index (χ3n) is 15.1. The molecule has 504 valence electrons. The molecule has 0 aromatic heterocycles. The first-order valence-corrected chi connectivity index (χ1v) is 32.6. The number of amides is 1. The third-order valence-corrected chi connectivity index (χ3v) is 15.1. The molecule has 0 spiro atoms. The Morgan fingerprint density at radius 3 is 1.25 bits per heavy atom. The summed E-state index contributed by atoms with van der Waals surface area (Å²) in [5, 5.41) is 120. The Morgan fingerprint density at radius 1 is 0.416 bits per heavy atom. The molecule has 17 unspecified atom stereocenters. The van der Waals surface area contributed by atoms with Gasteiger partial charge in [-0.2, -0.15) is 0 Å². The number of allylic oxidation sites excluding steroid dienone is 23. The van der Waals surface area contributed by atoms with Gasteiger partial charge in [-0.25, -0.2) is 0 Å². The number of hydrogen-bond acceptors (Lipinski definition) is 18. The van der Waals surface area contributed by atoms with E-state index in [1.54, 1.807) is 12.2 Å². The maximum absolute atomic E-state index is 13.3. The number of aliphatic hydroxyl groups excluding tert-OH is 11. The standard InChI is InChI=1S/C70H111NO18/c1-3-5-7-9-11-13-15-17-19-20-21-22-23-24-25-26-27-28-29-30-31-32-34-36-38-40-42-44-46-48-58(76)71-53(54(75)47-45-43-41-39-37-35-33-18-16-14-12-10-8-6-4-2)52-84-68-64(82)61(79)66(56(50-73)86-68)89-70-65(83)62(80)67(57(51-74)87-70)88-69-63(81)60(78)59(77)55(49-72)85-69/h5,7,11,13,16-19,21-22,24-25,27-28,30-31,34,36-37,39-40,42,45,47,53-57,59-70,72-75,77-83H,3-4,6,8-10,12,14-15,20,23,26,29,32-33,35,38,41,43-44,46,48-52H2,1-2H3,(H,71,76)/b7-5-,13-11-,18-16+,19-17-,22-21-,25-24-,28-27-,31-30-,36-34-,39-37+,42-40-,47-45+. The van der Waals surface area contributed by atoms with Crippen LogP contribution in [-0.2, 0) is 33.2 Å². The second-order valence-electron chi connectivity index (χ2n) is 22.5. The molecule has 3 heterocycles. The van der Waals surface area contributed by atoms with Crippen LogP contribution in [0.15, 0.2) is 146 Å². The molecule has 3 fully saturated rings. The van der Waals surface area contributed by atoms with Crippen molar-refractivity contribution in [1.29, 1.82) is 0 Å². The van der Waals surface area contributed by atoms with Crippen molar-refractivity contribution in [3.8, 4) is 0 Å². The van der Waals surface area contributed by atoms with Crippen molar-refractivity contribution >= 4 is 5.91 Å². The molecule has 0 saturated carbocycles. The molecule has 3 aliphatic heterocycles. The average Bonchev–Trinajstić information content (AvgIpc) is 2.42. The number of nitrogens with one attached hydrogen (secondary N) is 1. The van der Waals surface area contributed by atoms with Gasteiger partial charge in [0.2, 0.25) is 5.91 Å². The van der Waals surface area contributed by atoms with E-state index in [9.17, 15) is 61.0 Å². The van der Waals surface area contributed by atoms with Crippen molar-refractivity contribution in [2.24, 2.45) is 0 Å². The normalized spacial score (nSPS) is 29.2. The van der Waals surface area contributed by atoms with E-state index >= 15 is 0 Å². The number of rotatable bonds is 46. The first-order valence-electron chi connectivity index (χ1n) is 32.6. The summed E-state index contributed by atoms with van der Waals surface area (Å²) in [5.41, 5.74) is 0. The number of carbonyl (C=O) groups is 1. The Labute approximate surface area is 530 Å². The highest BCUT2D eigenvalue weighted by Crippen LogP contribution is 2.33. The van der Waals surface area contributed by atoms with Crippen LogP contribution < -0.4 is 5.32 Å². The van der Waals surface area contributed by atoms with E-state index in [2.05, 4.69) is 141 Å². The van der Waals surface area contributed by atoms with Gasteiger partial charge in [-0.3, -0.25) is 4.79 Å². The van der Waals surface area contributed by atoms with Crippen LogP contribution in [0.4, 0.5) is 0 Å². The van der Waals surface area contributed by atoms with Crippen LogP contribution in [0.5, 0.6) is 0 Å². The minimum atomic E-state index is -2.00. The first kappa shape index (κ1) is 78.9. The molecule has 3 aliphatic rings. The summed E-state index contributed by atoms with van der Waals surface area (Å²) in [7, 11) is 0. The molecule has 17 atom stereocenters. The maximum Gasteiger partial charge on any atom is 0.220 e. The Hall–Kier alpha value is -4.33. The van der Waals surface area contributed by atoms with E-state index in [1.165, 1.54) is 32.1 Å². The van der Waals surface area contributed by atoms with Crippen LogP contribution in [0.25, 0.3) is 0 Å². The minimum absolute atomic E-state index is 0.141. The van der Waals surface area contributed by atoms with Gasteiger partial charge >= 0.3 is 0 Å². The van der Waals surface area contributed by atoms with Crippen molar-refractivity contribution in [2.75, 3.05) is 26.4 Å². The summed E-state index contributed by atoms with van der Waals surface area (Å²) in [6, 6.07) is -1.04. The molecule has 19 nitrogen and oxygen atoms in total. The van der Waals surface area contributed by atoms with E-state index in [0.717, 1.165) is 83.5 Å². The molecule has 89 heavy (non-hydrogen) atoms. The zero-order valence-electron chi connectivity index (χ0n) is 52.8. The number of ether oxygens (including phenoxy) is 6. The summed E-state index contributed by atoms with van der Waals surface area (Å²) in [5.74, 6) is -0.356. The third kappa shape index (κ3) is 32.7. The van der Waals surface area contributed by atoms with Gasteiger partial charge in [-0.05, 0) is 109 Å². The van der Waals surface area contributed by atoms with E-state index < -0.39 is 131 Å². The van der Waals surface area contributed by atoms with Gasteiger partial charge in [0.05, 0.1) is 38.6 Å². The molecule has 0 aromatic carbocycles. The van der Waals surface area contributed by atoms with Crippen LogP contribution in [0.2, 0.25) is 0 Å². The van der Waals surface area contributed by atoms with Gasteiger partial charge in [0.1, 0.15) is 73.2 Å². The second-order valence-corrected chi connectivity index (χ2v) is 22.5. The summed E-state index contributed by atoms with van der Waals surface area (Å²) in [6.45, 7) is 1.49. The van der Waals surface area contributed by atoms with Gasteiger partial charge in [-0.1, -0.05) is 185 Å². The summed E-state index contributed by atoms with van der Waals surface area (Å²) >= 11 is 0. The molecule has 0 bridgehead atoms. The van der Waals surface area contributed by atoms with Crippen molar-refractivity contribution in [3.63, 3.8) is 0 Å². The molecule has 0 aromatic rings. The monoisotopic (exact) mass is 1250 g/mol. The highest BCUT2D eigenvalue weighted by Gasteiger charge is 2.53. The van der Waals surface area contributed by atoms with Crippen LogP contribution >= 0.6 is 0 Å². The molecule has 0 aliphatic carbocycles. The molecule has 19 heteroatoms. The fourth-order valence-electron chi connectivity index (χ4n) is 9.81. The van der Waals surface area contributed by atoms with Crippen molar-refractivity contribution < 1.29 is 89.4 Å². The van der Waals surface area contributed by atoms with E-state index in [-0.39, 0.29) is 12.3 Å². The molecular formula is C70H111NO18. The summed E-state index contributed by atoms with van der Waals surface area (Å²) in [6.07, 6.45) is 44.0. The molecule has 3 saturated heterocycles. The lowest BCUT2D eigenvalue weighted by Crippen LogP contribution is -2.66. The second kappa shape index (κ2) is 50.3. The van der Waals surface area contributed by atoms with Crippen LogP contribution in [-0.4, -0.2) is 193 Å². The van der Waals surface area contributed by atoms with Crippen LogP contribution in [0.1, 0.15) is 155 Å². The highest BCUT2D eigenvalue weighted by atomic mass is 16.8. The van der Waals surface area contributed by atoms with Crippen molar-refractivity contribution in [1.82, 2.24) is 5.32 Å².